The number of likely N-dealkylation sites (tertiary alicyclic amines) is 1. The lowest BCUT2D eigenvalue weighted by Gasteiger charge is -2.25. The van der Waals surface area contributed by atoms with Gasteiger partial charge in [0, 0.05) is 24.7 Å². The fourth-order valence-corrected chi connectivity index (χ4v) is 4.32. The molecule has 1 aliphatic carbocycles. The maximum absolute atomic E-state index is 13.0. The van der Waals surface area contributed by atoms with E-state index < -0.39 is 0 Å². The highest BCUT2D eigenvalue weighted by molar-refractivity contribution is 5.99. The van der Waals surface area contributed by atoms with Gasteiger partial charge in [0.25, 0.3) is 0 Å². The van der Waals surface area contributed by atoms with Crippen molar-refractivity contribution in [2.75, 3.05) is 26.7 Å². The van der Waals surface area contributed by atoms with Crippen LogP contribution in [0, 0.1) is 5.82 Å². The quantitative estimate of drug-likeness (QED) is 0.711. The molecule has 2 aliphatic rings. The highest BCUT2D eigenvalue weighted by Crippen LogP contribution is 2.25. The molecule has 1 amide bonds. The van der Waals surface area contributed by atoms with Crippen LogP contribution in [0.5, 0.6) is 0 Å². The van der Waals surface area contributed by atoms with E-state index in [0.29, 0.717) is 6.04 Å². The molecule has 0 unspecified atom stereocenters. The molecule has 0 bridgehead atoms. The molecule has 0 saturated carbocycles. The summed E-state index contributed by atoms with van der Waals surface area (Å²) in [5.41, 5.74) is 4.66. The second kappa shape index (κ2) is 8.27. The van der Waals surface area contributed by atoms with Gasteiger partial charge in [-0.15, -0.1) is 0 Å². The SMILES string of the molecule is CN(CCCN1CC/C(=C\c2ccc(F)cc2)C1=O)C1Cc2ccccc2C1. The number of fused-ring (bicyclic) bond motifs is 1. The number of nitrogens with zero attached hydrogens (tertiary/aromatic N) is 2. The van der Waals surface area contributed by atoms with Gasteiger partial charge in [-0.05, 0) is 74.2 Å². The lowest BCUT2D eigenvalue weighted by atomic mass is 10.1. The highest BCUT2D eigenvalue weighted by atomic mass is 19.1. The average Bonchev–Trinajstić information content (AvgIpc) is 3.28. The Morgan fingerprint density at radius 2 is 1.79 bits per heavy atom. The van der Waals surface area contributed by atoms with Gasteiger partial charge in [0.2, 0.25) is 5.91 Å². The van der Waals surface area contributed by atoms with Crippen molar-refractivity contribution >= 4 is 12.0 Å². The average molecular weight is 378 g/mol. The molecule has 146 valence electrons. The molecular formula is C24H27FN2O. The number of hydrogen-bond acceptors (Lipinski definition) is 2. The molecule has 0 N–H and O–H groups in total. The van der Waals surface area contributed by atoms with Crippen molar-refractivity contribution in [2.45, 2.75) is 31.7 Å². The smallest absolute Gasteiger partial charge is 0.249 e. The molecule has 28 heavy (non-hydrogen) atoms. The van der Waals surface area contributed by atoms with E-state index in [2.05, 4.69) is 36.2 Å². The van der Waals surface area contributed by atoms with Crippen molar-refractivity contribution in [1.82, 2.24) is 9.80 Å². The number of carbonyl (C=O) groups excluding carboxylic acids is 1. The van der Waals surface area contributed by atoms with Crippen molar-refractivity contribution < 1.29 is 9.18 Å². The van der Waals surface area contributed by atoms with Gasteiger partial charge in [-0.3, -0.25) is 4.79 Å². The number of rotatable bonds is 6. The number of carbonyl (C=O) groups is 1. The summed E-state index contributed by atoms with van der Waals surface area (Å²) >= 11 is 0. The van der Waals surface area contributed by atoms with Gasteiger partial charge in [0.15, 0.2) is 0 Å². The van der Waals surface area contributed by atoms with E-state index in [4.69, 9.17) is 0 Å². The standard InChI is InChI=1S/C24H27FN2O/c1-26(23-16-19-5-2-3-6-20(19)17-23)12-4-13-27-14-11-21(24(27)28)15-18-7-9-22(25)10-8-18/h2-3,5-10,15,23H,4,11-14,16-17H2,1H3/b21-15+. The van der Waals surface area contributed by atoms with Crippen molar-refractivity contribution in [3.8, 4) is 0 Å². The highest BCUT2D eigenvalue weighted by Gasteiger charge is 2.27. The maximum atomic E-state index is 13.0. The number of benzene rings is 2. The lowest BCUT2D eigenvalue weighted by molar-refractivity contribution is -0.124. The summed E-state index contributed by atoms with van der Waals surface area (Å²) in [5.74, 6) is -0.128. The van der Waals surface area contributed by atoms with Crippen molar-refractivity contribution in [2.24, 2.45) is 0 Å². The first-order chi connectivity index (χ1) is 13.6. The van der Waals surface area contributed by atoms with Gasteiger partial charge in [-0.2, -0.15) is 0 Å². The Labute approximate surface area is 166 Å². The zero-order chi connectivity index (χ0) is 19.5. The molecule has 2 aromatic carbocycles. The van der Waals surface area contributed by atoms with E-state index >= 15 is 0 Å². The molecule has 4 heteroatoms. The van der Waals surface area contributed by atoms with E-state index in [1.807, 2.05) is 11.0 Å². The van der Waals surface area contributed by atoms with Crippen molar-refractivity contribution in [3.05, 3.63) is 76.6 Å². The minimum absolute atomic E-state index is 0.125. The summed E-state index contributed by atoms with van der Waals surface area (Å²) < 4.78 is 13.0. The summed E-state index contributed by atoms with van der Waals surface area (Å²) in [5, 5.41) is 0. The zero-order valence-corrected chi connectivity index (χ0v) is 16.4. The van der Waals surface area contributed by atoms with Gasteiger partial charge in [0.05, 0.1) is 0 Å². The van der Waals surface area contributed by atoms with Crippen LogP contribution in [-0.2, 0) is 17.6 Å². The van der Waals surface area contributed by atoms with Crippen LogP contribution in [0.2, 0.25) is 0 Å². The van der Waals surface area contributed by atoms with Crippen molar-refractivity contribution in [1.29, 1.82) is 0 Å². The van der Waals surface area contributed by atoms with Gasteiger partial charge >= 0.3 is 0 Å². The molecule has 0 radical (unpaired) electrons. The minimum Gasteiger partial charge on any atom is -0.339 e. The third kappa shape index (κ3) is 4.17. The third-order valence-electron chi connectivity index (χ3n) is 6.02. The summed E-state index contributed by atoms with van der Waals surface area (Å²) in [6, 6.07) is 15.6. The zero-order valence-electron chi connectivity index (χ0n) is 16.4. The van der Waals surface area contributed by atoms with Gasteiger partial charge in [-0.25, -0.2) is 4.39 Å². The number of halogens is 1. The van der Waals surface area contributed by atoms with Crippen LogP contribution in [0.15, 0.2) is 54.1 Å². The van der Waals surface area contributed by atoms with E-state index in [1.165, 1.54) is 23.3 Å². The van der Waals surface area contributed by atoms with Crippen LogP contribution in [0.1, 0.15) is 29.5 Å². The Morgan fingerprint density at radius 3 is 2.46 bits per heavy atom. The fraction of sp³-hybridized carbons (Fsp3) is 0.375. The molecule has 1 aliphatic heterocycles. The first-order valence-corrected chi connectivity index (χ1v) is 10.1. The van der Waals surface area contributed by atoms with Crippen LogP contribution in [-0.4, -0.2) is 48.4 Å². The van der Waals surface area contributed by atoms with E-state index in [0.717, 1.165) is 56.5 Å². The summed E-state index contributed by atoms with van der Waals surface area (Å²) in [7, 11) is 2.20. The van der Waals surface area contributed by atoms with Crippen LogP contribution < -0.4 is 0 Å². The third-order valence-corrected chi connectivity index (χ3v) is 6.02. The molecule has 4 rings (SSSR count). The molecule has 1 fully saturated rings. The Kier molecular flexibility index (Phi) is 5.58. The van der Waals surface area contributed by atoms with Crippen LogP contribution in [0.25, 0.3) is 6.08 Å². The van der Waals surface area contributed by atoms with Gasteiger partial charge in [-0.1, -0.05) is 36.4 Å². The van der Waals surface area contributed by atoms with Crippen molar-refractivity contribution in [3.63, 3.8) is 0 Å². The topological polar surface area (TPSA) is 23.6 Å². The number of amides is 1. The molecule has 1 heterocycles. The molecule has 0 aromatic heterocycles. The first kappa shape index (κ1) is 18.9. The second-order valence-electron chi connectivity index (χ2n) is 7.93. The van der Waals surface area contributed by atoms with E-state index in [1.54, 1.807) is 12.1 Å². The van der Waals surface area contributed by atoms with Crippen LogP contribution in [0.3, 0.4) is 0 Å². The largest absolute Gasteiger partial charge is 0.339 e. The van der Waals surface area contributed by atoms with Crippen LogP contribution in [0.4, 0.5) is 4.39 Å². The lowest BCUT2D eigenvalue weighted by Crippen LogP contribution is -2.35. The first-order valence-electron chi connectivity index (χ1n) is 10.1. The monoisotopic (exact) mass is 378 g/mol. The molecule has 3 nitrogen and oxygen atoms in total. The maximum Gasteiger partial charge on any atom is 0.249 e. The number of likely N-dealkylation sites (N-methyl/N-ethyl adjacent to an activating group) is 1. The number of hydrogen-bond donors (Lipinski definition) is 0. The molecule has 0 atom stereocenters. The Morgan fingerprint density at radius 1 is 1.11 bits per heavy atom. The summed E-state index contributed by atoms with van der Waals surface area (Å²) in [6.07, 6.45) is 5.90. The normalized spacial score (nSPS) is 18.5. The van der Waals surface area contributed by atoms with Gasteiger partial charge in [0.1, 0.15) is 5.82 Å². The molecule has 2 aromatic rings. The molecular weight excluding hydrogens is 351 g/mol. The summed E-state index contributed by atoms with van der Waals surface area (Å²) in [6.45, 7) is 2.58. The fourth-order valence-electron chi connectivity index (χ4n) is 4.32. The minimum atomic E-state index is -0.254. The van der Waals surface area contributed by atoms with Gasteiger partial charge < -0.3 is 9.80 Å². The Bertz CT molecular complexity index is 849. The summed E-state index contributed by atoms with van der Waals surface area (Å²) in [4.78, 5) is 17.0. The van der Waals surface area contributed by atoms with Crippen LogP contribution >= 0.6 is 0 Å². The predicted octanol–water partition coefficient (Wildman–Crippen LogP) is 3.93. The second-order valence-corrected chi connectivity index (χ2v) is 7.93. The van der Waals surface area contributed by atoms with E-state index in [-0.39, 0.29) is 11.7 Å². The Balaban J connectivity index is 1.26. The molecule has 1 saturated heterocycles. The Hall–Kier alpha value is -2.46. The molecule has 0 spiro atoms. The predicted molar refractivity (Wildman–Crippen MR) is 110 cm³/mol. The van der Waals surface area contributed by atoms with E-state index in [9.17, 15) is 9.18 Å².